The van der Waals surface area contributed by atoms with E-state index in [1.54, 1.807) is 0 Å². The summed E-state index contributed by atoms with van der Waals surface area (Å²) in [7, 11) is 0. The van der Waals surface area contributed by atoms with Crippen LogP contribution in [0, 0.1) is 0 Å². The normalized spacial score (nSPS) is 10.5. The van der Waals surface area contributed by atoms with E-state index in [4.69, 9.17) is 16.3 Å². The van der Waals surface area contributed by atoms with Gasteiger partial charge in [-0.3, -0.25) is 4.79 Å². The van der Waals surface area contributed by atoms with E-state index in [1.807, 2.05) is 25.1 Å². The van der Waals surface area contributed by atoms with Gasteiger partial charge < -0.3 is 4.74 Å². The minimum Gasteiger partial charge on any atom is -0.494 e. The molecular formula is C11H9ClO2S. The second-order valence-electron chi connectivity index (χ2n) is 2.99. The van der Waals surface area contributed by atoms with Crippen LogP contribution in [0.15, 0.2) is 18.2 Å². The number of carbonyl (C=O) groups is 1. The van der Waals surface area contributed by atoms with Crippen molar-refractivity contribution in [2.45, 2.75) is 6.92 Å². The fourth-order valence-corrected chi connectivity index (χ4v) is 2.72. The Morgan fingerprint density at radius 2 is 2.33 bits per heavy atom. The molecule has 0 unspecified atom stereocenters. The van der Waals surface area contributed by atoms with E-state index in [0.29, 0.717) is 16.5 Å². The lowest BCUT2D eigenvalue weighted by Crippen LogP contribution is -1.89. The zero-order valence-corrected chi connectivity index (χ0v) is 9.69. The molecule has 0 aliphatic heterocycles. The fourth-order valence-electron chi connectivity index (χ4n) is 1.40. The van der Waals surface area contributed by atoms with Gasteiger partial charge in [-0.25, -0.2) is 0 Å². The molecule has 78 valence electrons. The highest BCUT2D eigenvalue weighted by atomic mass is 35.5. The summed E-state index contributed by atoms with van der Waals surface area (Å²) in [6.45, 7) is 2.56. The molecule has 0 fully saturated rings. The number of ether oxygens (including phenoxy) is 1. The Morgan fingerprint density at radius 1 is 1.53 bits per heavy atom. The molecule has 0 radical (unpaired) electrons. The molecule has 4 heteroatoms. The van der Waals surface area contributed by atoms with Gasteiger partial charge in [0.05, 0.1) is 16.5 Å². The van der Waals surface area contributed by atoms with Crippen molar-refractivity contribution in [1.29, 1.82) is 0 Å². The monoisotopic (exact) mass is 240 g/mol. The number of fused-ring (bicyclic) bond motifs is 1. The molecule has 0 saturated carbocycles. The number of hydrogen-bond donors (Lipinski definition) is 0. The first kappa shape index (κ1) is 10.5. The Bertz CT molecular complexity index is 505. The van der Waals surface area contributed by atoms with Crippen molar-refractivity contribution in [3.63, 3.8) is 0 Å². The molecule has 0 spiro atoms. The van der Waals surface area contributed by atoms with Gasteiger partial charge in [0.15, 0.2) is 6.29 Å². The molecule has 1 aromatic carbocycles. The molecule has 2 rings (SSSR count). The minimum absolute atomic E-state index is 0.535. The molecule has 0 atom stereocenters. The zero-order chi connectivity index (χ0) is 10.8. The number of benzene rings is 1. The number of hydrogen-bond acceptors (Lipinski definition) is 3. The number of thiophene rings is 1. The Hall–Kier alpha value is -1.06. The average molecular weight is 241 g/mol. The van der Waals surface area contributed by atoms with E-state index in [1.165, 1.54) is 11.3 Å². The van der Waals surface area contributed by atoms with Crippen molar-refractivity contribution in [2.75, 3.05) is 6.61 Å². The van der Waals surface area contributed by atoms with Gasteiger partial charge >= 0.3 is 0 Å². The van der Waals surface area contributed by atoms with Gasteiger partial charge in [0.2, 0.25) is 0 Å². The van der Waals surface area contributed by atoms with Gasteiger partial charge in [-0.1, -0.05) is 11.6 Å². The summed E-state index contributed by atoms with van der Waals surface area (Å²) in [6.07, 6.45) is 0.785. The van der Waals surface area contributed by atoms with Crippen molar-refractivity contribution in [3.05, 3.63) is 28.1 Å². The second kappa shape index (κ2) is 4.21. The predicted molar refractivity (Wildman–Crippen MR) is 63.4 cm³/mol. The van der Waals surface area contributed by atoms with Crippen LogP contribution >= 0.6 is 22.9 Å². The van der Waals surface area contributed by atoms with Crippen molar-refractivity contribution < 1.29 is 9.53 Å². The van der Waals surface area contributed by atoms with Crippen molar-refractivity contribution in [1.82, 2.24) is 0 Å². The van der Waals surface area contributed by atoms with Gasteiger partial charge in [0, 0.05) is 10.1 Å². The van der Waals surface area contributed by atoms with Crippen LogP contribution in [0.5, 0.6) is 5.75 Å². The van der Waals surface area contributed by atoms with Crippen LogP contribution in [0.2, 0.25) is 5.02 Å². The Kier molecular flexibility index (Phi) is 2.93. The fraction of sp³-hybridized carbons (Fsp3) is 0.182. The maximum atomic E-state index is 10.7. The second-order valence-corrected chi connectivity index (χ2v) is 4.45. The van der Waals surface area contributed by atoms with Crippen LogP contribution in [0.3, 0.4) is 0 Å². The van der Waals surface area contributed by atoms with Gasteiger partial charge in [0.1, 0.15) is 5.75 Å². The number of aldehydes is 1. The minimum atomic E-state index is 0.535. The average Bonchev–Trinajstić information content (AvgIpc) is 2.56. The topological polar surface area (TPSA) is 26.3 Å². The van der Waals surface area contributed by atoms with Gasteiger partial charge in [-0.15, -0.1) is 11.3 Å². The molecule has 0 aliphatic rings. The van der Waals surface area contributed by atoms with Gasteiger partial charge in [-0.2, -0.15) is 0 Å². The third-order valence-electron chi connectivity index (χ3n) is 2.04. The summed E-state index contributed by atoms with van der Waals surface area (Å²) in [5.74, 6) is 0.806. The van der Waals surface area contributed by atoms with Crippen LogP contribution in [-0.2, 0) is 0 Å². The largest absolute Gasteiger partial charge is 0.494 e. The Balaban J connectivity index is 2.57. The Labute approximate surface area is 96.4 Å². The first-order valence-electron chi connectivity index (χ1n) is 4.56. The summed E-state index contributed by atoms with van der Waals surface area (Å²) in [6, 6.07) is 5.65. The van der Waals surface area contributed by atoms with E-state index in [0.717, 1.165) is 22.1 Å². The molecule has 0 saturated heterocycles. The lowest BCUT2D eigenvalue weighted by atomic mass is 10.2. The lowest BCUT2D eigenvalue weighted by Gasteiger charge is -2.01. The third-order valence-corrected chi connectivity index (χ3v) is 3.64. The molecule has 15 heavy (non-hydrogen) atoms. The van der Waals surface area contributed by atoms with Crippen LogP contribution in [0.25, 0.3) is 10.1 Å². The summed E-state index contributed by atoms with van der Waals surface area (Å²) in [5, 5.41) is 1.44. The zero-order valence-electron chi connectivity index (χ0n) is 8.12. The number of carbonyl (C=O) groups excluding carboxylic acids is 1. The van der Waals surface area contributed by atoms with Crippen molar-refractivity contribution >= 4 is 39.3 Å². The molecular weight excluding hydrogens is 232 g/mol. The van der Waals surface area contributed by atoms with E-state index in [2.05, 4.69) is 0 Å². The standard InChI is InChI=1S/C11H9ClO2S/c1-2-14-7-3-4-8-9(5-7)15-10(6-13)11(8)12/h3-6H,2H2,1H3. The van der Waals surface area contributed by atoms with Gasteiger partial charge in [-0.05, 0) is 25.1 Å². The van der Waals surface area contributed by atoms with Crippen LogP contribution in [0.1, 0.15) is 16.6 Å². The molecule has 2 nitrogen and oxygen atoms in total. The maximum Gasteiger partial charge on any atom is 0.161 e. The predicted octanol–water partition coefficient (Wildman–Crippen LogP) is 3.77. The van der Waals surface area contributed by atoms with E-state index >= 15 is 0 Å². The SMILES string of the molecule is CCOc1ccc2c(Cl)c(C=O)sc2c1. The highest BCUT2D eigenvalue weighted by Gasteiger charge is 2.09. The van der Waals surface area contributed by atoms with Crippen molar-refractivity contribution in [2.24, 2.45) is 0 Å². The van der Waals surface area contributed by atoms with Crippen LogP contribution in [-0.4, -0.2) is 12.9 Å². The Morgan fingerprint density at radius 3 is 3.00 bits per heavy atom. The molecule has 0 bridgehead atoms. The van der Waals surface area contributed by atoms with E-state index < -0.39 is 0 Å². The summed E-state index contributed by atoms with van der Waals surface area (Å²) in [5.41, 5.74) is 0. The van der Waals surface area contributed by atoms with Crippen molar-refractivity contribution in [3.8, 4) is 5.75 Å². The smallest absolute Gasteiger partial charge is 0.161 e. The molecule has 1 heterocycles. The quantitative estimate of drug-likeness (QED) is 0.764. The molecule has 1 aromatic heterocycles. The lowest BCUT2D eigenvalue weighted by molar-refractivity contribution is 0.112. The first-order valence-corrected chi connectivity index (χ1v) is 5.75. The molecule has 0 aliphatic carbocycles. The van der Waals surface area contributed by atoms with E-state index in [-0.39, 0.29) is 0 Å². The summed E-state index contributed by atoms with van der Waals surface area (Å²) < 4.78 is 6.35. The number of rotatable bonds is 3. The summed E-state index contributed by atoms with van der Waals surface area (Å²) >= 11 is 7.41. The molecule has 0 amide bonds. The summed E-state index contributed by atoms with van der Waals surface area (Å²) in [4.78, 5) is 11.3. The van der Waals surface area contributed by atoms with E-state index in [9.17, 15) is 4.79 Å². The van der Waals surface area contributed by atoms with Gasteiger partial charge in [0.25, 0.3) is 0 Å². The number of halogens is 1. The first-order chi connectivity index (χ1) is 7.26. The van der Waals surface area contributed by atoms with Crippen LogP contribution < -0.4 is 4.74 Å². The molecule has 2 aromatic rings. The maximum absolute atomic E-state index is 10.7. The van der Waals surface area contributed by atoms with Crippen LogP contribution in [0.4, 0.5) is 0 Å². The highest BCUT2D eigenvalue weighted by molar-refractivity contribution is 7.21. The highest BCUT2D eigenvalue weighted by Crippen LogP contribution is 2.36. The third kappa shape index (κ3) is 1.85. The molecule has 0 N–H and O–H groups in total.